The van der Waals surface area contributed by atoms with Crippen LogP contribution in [0.2, 0.25) is 5.28 Å². The first-order chi connectivity index (χ1) is 8.72. The Kier molecular flexibility index (Phi) is 2.80. The summed E-state index contributed by atoms with van der Waals surface area (Å²) in [6.45, 7) is 0. The molecule has 3 aromatic heterocycles. The van der Waals surface area contributed by atoms with Crippen LogP contribution in [0, 0.1) is 0 Å². The van der Waals surface area contributed by atoms with Gasteiger partial charge in [0.05, 0.1) is 10.7 Å². The molecule has 0 saturated heterocycles. The summed E-state index contributed by atoms with van der Waals surface area (Å²) in [7, 11) is 0. The Morgan fingerprint density at radius 1 is 1.06 bits per heavy atom. The first-order valence-electron chi connectivity index (χ1n) is 4.84. The van der Waals surface area contributed by atoms with Crippen molar-refractivity contribution in [2.24, 2.45) is 0 Å². The summed E-state index contributed by atoms with van der Waals surface area (Å²) in [5.41, 5.74) is 0. The Morgan fingerprint density at radius 2 is 1.83 bits per heavy atom. The lowest BCUT2D eigenvalue weighted by Gasteiger charge is -2.03. The van der Waals surface area contributed by atoms with Gasteiger partial charge < -0.3 is 0 Å². The third kappa shape index (κ3) is 2.12. The summed E-state index contributed by atoms with van der Waals surface area (Å²) >= 11 is 9.17. The number of halogens is 2. The SMILES string of the molecule is Clc1nc(-n2cccn2)nc(-n2cc(Br)cn2)n1. The summed E-state index contributed by atoms with van der Waals surface area (Å²) in [4.78, 5) is 12.2. The first kappa shape index (κ1) is 11.3. The van der Waals surface area contributed by atoms with Crippen LogP contribution in [0.3, 0.4) is 0 Å². The van der Waals surface area contributed by atoms with E-state index in [9.17, 15) is 0 Å². The van der Waals surface area contributed by atoms with E-state index < -0.39 is 0 Å². The van der Waals surface area contributed by atoms with E-state index in [0.29, 0.717) is 11.9 Å². The van der Waals surface area contributed by atoms with Crippen molar-refractivity contribution in [3.05, 3.63) is 40.6 Å². The van der Waals surface area contributed by atoms with E-state index in [4.69, 9.17) is 11.6 Å². The molecule has 0 amide bonds. The molecular formula is C9H5BrClN7. The smallest absolute Gasteiger partial charge is 0.206 e. The van der Waals surface area contributed by atoms with Gasteiger partial charge in [-0.1, -0.05) is 0 Å². The molecule has 0 fully saturated rings. The Hall–Kier alpha value is -1.80. The van der Waals surface area contributed by atoms with Crippen LogP contribution < -0.4 is 0 Å². The molecule has 0 N–H and O–H groups in total. The summed E-state index contributed by atoms with van der Waals surface area (Å²) in [5, 5.41) is 8.19. The fraction of sp³-hybridized carbons (Fsp3) is 0. The Balaban J connectivity index is 2.11. The van der Waals surface area contributed by atoms with Crippen molar-refractivity contribution in [3.63, 3.8) is 0 Å². The lowest BCUT2D eigenvalue weighted by Crippen LogP contribution is -2.09. The molecule has 0 atom stereocenters. The molecule has 0 spiro atoms. The quantitative estimate of drug-likeness (QED) is 0.716. The molecule has 7 nitrogen and oxygen atoms in total. The van der Waals surface area contributed by atoms with Gasteiger partial charge >= 0.3 is 0 Å². The van der Waals surface area contributed by atoms with E-state index in [0.717, 1.165) is 4.47 Å². The van der Waals surface area contributed by atoms with Gasteiger partial charge in [0, 0.05) is 18.6 Å². The zero-order valence-electron chi connectivity index (χ0n) is 8.77. The van der Waals surface area contributed by atoms with E-state index in [1.807, 2.05) is 0 Å². The number of aromatic nitrogens is 7. The monoisotopic (exact) mass is 325 g/mol. The van der Waals surface area contributed by atoms with E-state index >= 15 is 0 Å². The number of hydrogen-bond acceptors (Lipinski definition) is 5. The third-order valence-electron chi connectivity index (χ3n) is 2.05. The lowest BCUT2D eigenvalue weighted by molar-refractivity contribution is 0.744. The first-order valence-corrected chi connectivity index (χ1v) is 6.01. The van der Waals surface area contributed by atoms with E-state index in [2.05, 4.69) is 41.1 Å². The van der Waals surface area contributed by atoms with Crippen LogP contribution in [0.25, 0.3) is 11.9 Å². The molecule has 18 heavy (non-hydrogen) atoms. The molecule has 0 radical (unpaired) electrons. The predicted molar refractivity (Wildman–Crippen MR) is 66.8 cm³/mol. The summed E-state index contributed by atoms with van der Waals surface area (Å²) in [5.74, 6) is 0.660. The van der Waals surface area contributed by atoms with Crippen LogP contribution in [-0.2, 0) is 0 Å². The maximum absolute atomic E-state index is 5.87. The van der Waals surface area contributed by atoms with Crippen molar-refractivity contribution in [2.45, 2.75) is 0 Å². The third-order valence-corrected chi connectivity index (χ3v) is 2.63. The topological polar surface area (TPSA) is 74.3 Å². The normalized spacial score (nSPS) is 10.8. The van der Waals surface area contributed by atoms with Crippen molar-refractivity contribution >= 4 is 27.5 Å². The van der Waals surface area contributed by atoms with Gasteiger partial charge in [-0.2, -0.15) is 25.1 Å². The number of rotatable bonds is 2. The average molecular weight is 327 g/mol. The van der Waals surface area contributed by atoms with Crippen molar-refractivity contribution < 1.29 is 0 Å². The molecular weight excluding hydrogens is 322 g/mol. The molecule has 3 heterocycles. The van der Waals surface area contributed by atoms with Gasteiger partial charge in [0.15, 0.2) is 0 Å². The largest absolute Gasteiger partial charge is 0.256 e. The highest BCUT2D eigenvalue weighted by atomic mass is 79.9. The van der Waals surface area contributed by atoms with Gasteiger partial charge in [-0.05, 0) is 33.6 Å². The molecule has 9 heteroatoms. The molecule has 0 unspecified atom stereocenters. The molecule has 3 aromatic rings. The lowest BCUT2D eigenvalue weighted by atomic mass is 10.7. The minimum absolute atomic E-state index is 0.0807. The van der Waals surface area contributed by atoms with Crippen molar-refractivity contribution in [1.29, 1.82) is 0 Å². The maximum Gasteiger partial charge on any atom is 0.256 e. The molecule has 0 aliphatic rings. The molecule has 3 rings (SSSR count). The van der Waals surface area contributed by atoms with Crippen LogP contribution in [0.1, 0.15) is 0 Å². The van der Waals surface area contributed by atoms with Crippen LogP contribution >= 0.6 is 27.5 Å². The highest BCUT2D eigenvalue weighted by Crippen LogP contribution is 2.12. The minimum Gasteiger partial charge on any atom is -0.206 e. The van der Waals surface area contributed by atoms with Gasteiger partial charge in [0.25, 0.3) is 11.9 Å². The van der Waals surface area contributed by atoms with E-state index in [1.54, 1.807) is 30.9 Å². The number of nitrogens with zero attached hydrogens (tertiary/aromatic N) is 7. The van der Waals surface area contributed by atoms with Gasteiger partial charge in [0.1, 0.15) is 0 Å². The Morgan fingerprint density at radius 3 is 2.44 bits per heavy atom. The summed E-state index contributed by atoms with van der Waals surface area (Å²) < 4.78 is 3.81. The zero-order valence-corrected chi connectivity index (χ0v) is 11.1. The summed E-state index contributed by atoms with van der Waals surface area (Å²) in [6.07, 6.45) is 6.69. The van der Waals surface area contributed by atoms with Crippen LogP contribution in [0.4, 0.5) is 0 Å². The average Bonchev–Trinajstić information content (AvgIpc) is 2.98. The van der Waals surface area contributed by atoms with Gasteiger partial charge in [-0.25, -0.2) is 9.36 Å². The minimum atomic E-state index is 0.0807. The second kappa shape index (κ2) is 4.46. The Bertz CT molecular complexity index is 678. The van der Waals surface area contributed by atoms with Gasteiger partial charge in [-0.3, -0.25) is 0 Å². The molecule has 90 valence electrons. The van der Waals surface area contributed by atoms with Gasteiger partial charge in [0.2, 0.25) is 5.28 Å². The summed E-state index contributed by atoms with van der Waals surface area (Å²) in [6, 6.07) is 1.77. The van der Waals surface area contributed by atoms with Crippen molar-refractivity contribution in [1.82, 2.24) is 34.5 Å². The highest BCUT2D eigenvalue weighted by Gasteiger charge is 2.09. The van der Waals surface area contributed by atoms with Gasteiger partial charge in [-0.15, -0.1) is 0 Å². The predicted octanol–water partition coefficient (Wildman–Crippen LogP) is 1.66. The van der Waals surface area contributed by atoms with Crippen molar-refractivity contribution in [3.8, 4) is 11.9 Å². The molecule has 0 aliphatic carbocycles. The van der Waals surface area contributed by atoms with Crippen molar-refractivity contribution in [2.75, 3.05) is 0 Å². The fourth-order valence-electron chi connectivity index (χ4n) is 1.33. The second-order valence-electron chi connectivity index (χ2n) is 3.26. The fourth-order valence-corrected chi connectivity index (χ4v) is 1.77. The second-order valence-corrected chi connectivity index (χ2v) is 4.51. The number of hydrogen-bond donors (Lipinski definition) is 0. The van der Waals surface area contributed by atoms with Crippen LogP contribution in [-0.4, -0.2) is 34.5 Å². The zero-order chi connectivity index (χ0) is 12.5. The van der Waals surface area contributed by atoms with E-state index in [-0.39, 0.29) is 5.28 Å². The molecule has 0 bridgehead atoms. The standard InChI is InChI=1S/C9H5BrClN7/c10-6-4-13-18(5-6)9-15-7(11)14-8(16-9)17-3-1-2-12-17/h1-5H. The molecule has 0 aliphatic heterocycles. The van der Waals surface area contributed by atoms with E-state index in [1.165, 1.54) is 9.36 Å². The maximum atomic E-state index is 5.87. The highest BCUT2D eigenvalue weighted by molar-refractivity contribution is 9.10. The van der Waals surface area contributed by atoms with Crippen LogP contribution in [0.5, 0.6) is 0 Å². The molecule has 0 saturated carbocycles. The Labute approximate surface area is 115 Å². The molecule has 0 aromatic carbocycles. The van der Waals surface area contributed by atoms with Crippen LogP contribution in [0.15, 0.2) is 35.3 Å².